The van der Waals surface area contributed by atoms with Crippen molar-refractivity contribution in [1.29, 1.82) is 0 Å². The van der Waals surface area contributed by atoms with Crippen LogP contribution < -0.4 is 5.32 Å². The standard InChI is InChI=1S/C19H24F3N3O3/c1-4-7-24(19(28)12-8-16(27)25(9-12)11(2)3)10-15(26)23-14-6-5-13(20)17(21)18(14)22/h5-6,11-12H,4,7-10H2,1-3H3,(H,23,26). The van der Waals surface area contributed by atoms with E-state index in [1.54, 1.807) is 4.90 Å². The number of carbonyl (C=O) groups excluding carboxylic acids is 3. The summed E-state index contributed by atoms with van der Waals surface area (Å²) in [7, 11) is 0. The number of benzene rings is 1. The van der Waals surface area contributed by atoms with E-state index in [4.69, 9.17) is 0 Å². The molecule has 6 nitrogen and oxygen atoms in total. The smallest absolute Gasteiger partial charge is 0.244 e. The molecule has 1 N–H and O–H groups in total. The van der Waals surface area contributed by atoms with E-state index in [0.717, 1.165) is 6.07 Å². The van der Waals surface area contributed by atoms with Gasteiger partial charge in [0.1, 0.15) is 0 Å². The van der Waals surface area contributed by atoms with Crippen LogP contribution in [0, 0.1) is 23.4 Å². The zero-order chi connectivity index (χ0) is 21.0. The molecule has 1 heterocycles. The van der Waals surface area contributed by atoms with E-state index in [1.807, 2.05) is 20.8 Å². The number of rotatable bonds is 7. The highest BCUT2D eigenvalue weighted by Gasteiger charge is 2.37. The van der Waals surface area contributed by atoms with Crippen molar-refractivity contribution in [2.24, 2.45) is 5.92 Å². The number of anilines is 1. The maximum atomic E-state index is 13.7. The van der Waals surface area contributed by atoms with Gasteiger partial charge in [0.05, 0.1) is 18.2 Å². The van der Waals surface area contributed by atoms with E-state index in [0.29, 0.717) is 12.5 Å². The third-order valence-electron chi connectivity index (χ3n) is 4.58. The van der Waals surface area contributed by atoms with E-state index < -0.39 is 35.0 Å². The molecule has 9 heteroatoms. The lowest BCUT2D eigenvalue weighted by Crippen LogP contribution is -2.43. The summed E-state index contributed by atoms with van der Waals surface area (Å²) in [5.41, 5.74) is -0.505. The van der Waals surface area contributed by atoms with Gasteiger partial charge in [0.25, 0.3) is 0 Å². The summed E-state index contributed by atoms with van der Waals surface area (Å²) in [5, 5.41) is 2.16. The fraction of sp³-hybridized carbons (Fsp3) is 0.526. The molecule has 0 aromatic heterocycles. The van der Waals surface area contributed by atoms with Gasteiger partial charge in [0.15, 0.2) is 17.5 Å². The minimum absolute atomic E-state index is 0.0235. The summed E-state index contributed by atoms with van der Waals surface area (Å²) in [6.07, 6.45) is 0.657. The first-order valence-electron chi connectivity index (χ1n) is 9.17. The van der Waals surface area contributed by atoms with Crippen LogP contribution in [-0.2, 0) is 14.4 Å². The third-order valence-corrected chi connectivity index (χ3v) is 4.58. The Bertz CT molecular complexity index is 770. The molecular formula is C19H24F3N3O3. The number of nitrogens with one attached hydrogen (secondary N) is 1. The molecule has 1 aromatic rings. The van der Waals surface area contributed by atoms with Gasteiger partial charge in [-0.15, -0.1) is 0 Å². The molecule has 2 rings (SSSR count). The summed E-state index contributed by atoms with van der Waals surface area (Å²) in [4.78, 5) is 40.0. The summed E-state index contributed by atoms with van der Waals surface area (Å²) in [6, 6.07) is 1.59. The Morgan fingerprint density at radius 1 is 1.25 bits per heavy atom. The van der Waals surface area contributed by atoms with Crippen molar-refractivity contribution in [3.63, 3.8) is 0 Å². The highest BCUT2D eigenvalue weighted by molar-refractivity contribution is 5.96. The van der Waals surface area contributed by atoms with Gasteiger partial charge in [-0.05, 0) is 32.4 Å². The SMILES string of the molecule is CCCN(CC(=O)Nc1ccc(F)c(F)c1F)C(=O)C1CC(=O)N(C(C)C)C1. The first-order valence-corrected chi connectivity index (χ1v) is 9.17. The molecule has 1 atom stereocenters. The summed E-state index contributed by atoms with van der Waals surface area (Å²) >= 11 is 0. The monoisotopic (exact) mass is 399 g/mol. The number of nitrogens with zero attached hydrogens (tertiary/aromatic N) is 2. The van der Waals surface area contributed by atoms with Crippen LogP contribution in [0.3, 0.4) is 0 Å². The minimum atomic E-state index is -1.68. The van der Waals surface area contributed by atoms with Crippen molar-refractivity contribution < 1.29 is 27.6 Å². The van der Waals surface area contributed by atoms with Crippen LogP contribution in [0.15, 0.2) is 12.1 Å². The first-order chi connectivity index (χ1) is 13.1. The Labute approximate surface area is 161 Å². The van der Waals surface area contributed by atoms with Crippen LogP contribution in [0.2, 0.25) is 0 Å². The van der Waals surface area contributed by atoms with E-state index >= 15 is 0 Å². The summed E-state index contributed by atoms with van der Waals surface area (Å²) in [5.74, 6) is -6.28. The maximum Gasteiger partial charge on any atom is 0.244 e. The second-order valence-corrected chi connectivity index (χ2v) is 7.07. The molecule has 1 aliphatic rings. The lowest BCUT2D eigenvalue weighted by Gasteiger charge is -2.25. The topological polar surface area (TPSA) is 69.7 Å². The molecule has 0 bridgehead atoms. The normalized spacial score (nSPS) is 16.6. The van der Waals surface area contributed by atoms with E-state index in [1.165, 1.54) is 4.90 Å². The number of likely N-dealkylation sites (tertiary alicyclic amines) is 1. The molecule has 0 radical (unpaired) electrons. The Kier molecular flexibility index (Phi) is 7.04. The second kappa shape index (κ2) is 9.07. The third kappa shape index (κ3) is 4.82. The molecule has 1 unspecified atom stereocenters. The largest absolute Gasteiger partial charge is 0.339 e. The first kappa shape index (κ1) is 21.7. The van der Waals surface area contributed by atoms with E-state index in [9.17, 15) is 27.6 Å². The van der Waals surface area contributed by atoms with Gasteiger partial charge in [0, 0.05) is 25.6 Å². The number of amides is 3. The molecule has 28 heavy (non-hydrogen) atoms. The molecule has 0 aliphatic carbocycles. The molecule has 3 amide bonds. The average molecular weight is 399 g/mol. The van der Waals surface area contributed by atoms with Gasteiger partial charge in [-0.2, -0.15) is 0 Å². The summed E-state index contributed by atoms with van der Waals surface area (Å²) < 4.78 is 40.0. The molecule has 0 spiro atoms. The Morgan fingerprint density at radius 2 is 1.93 bits per heavy atom. The Morgan fingerprint density at radius 3 is 2.50 bits per heavy atom. The van der Waals surface area contributed by atoms with Crippen LogP contribution in [0.1, 0.15) is 33.6 Å². The van der Waals surface area contributed by atoms with Crippen molar-refractivity contribution in [3.05, 3.63) is 29.6 Å². The fourth-order valence-electron chi connectivity index (χ4n) is 3.18. The minimum Gasteiger partial charge on any atom is -0.339 e. The van der Waals surface area contributed by atoms with Gasteiger partial charge in [-0.3, -0.25) is 14.4 Å². The van der Waals surface area contributed by atoms with Crippen LogP contribution >= 0.6 is 0 Å². The number of hydrogen-bond acceptors (Lipinski definition) is 3. The summed E-state index contributed by atoms with van der Waals surface area (Å²) in [6.45, 7) is 5.73. The van der Waals surface area contributed by atoms with Gasteiger partial charge in [-0.25, -0.2) is 13.2 Å². The number of carbonyl (C=O) groups is 3. The molecule has 1 saturated heterocycles. The van der Waals surface area contributed by atoms with Gasteiger partial charge in [0.2, 0.25) is 17.7 Å². The van der Waals surface area contributed by atoms with Crippen molar-refractivity contribution in [2.45, 2.75) is 39.7 Å². The predicted molar refractivity (Wildman–Crippen MR) is 96.8 cm³/mol. The van der Waals surface area contributed by atoms with Gasteiger partial charge < -0.3 is 15.1 Å². The van der Waals surface area contributed by atoms with Crippen LogP contribution in [0.4, 0.5) is 18.9 Å². The molecule has 154 valence electrons. The number of halogens is 3. The van der Waals surface area contributed by atoms with Crippen LogP contribution in [-0.4, -0.2) is 53.2 Å². The quantitative estimate of drug-likeness (QED) is 0.717. The zero-order valence-electron chi connectivity index (χ0n) is 16.1. The second-order valence-electron chi connectivity index (χ2n) is 7.07. The van der Waals surface area contributed by atoms with Crippen LogP contribution in [0.5, 0.6) is 0 Å². The van der Waals surface area contributed by atoms with Crippen molar-refractivity contribution in [1.82, 2.24) is 9.80 Å². The van der Waals surface area contributed by atoms with Crippen LogP contribution in [0.25, 0.3) is 0 Å². The van der Waals surface area contributed by atoms with Gasteiger partial charge in [-0.1, -0.05) is 6.92 Å². The van der Waals surface area contributed by atoms with E-state index in [-0.39, 0.29) is 43.9 Å². The zero-order valence-corrected chi connectivity index (χ0v) is 16.1. The van der Waals surface area contributed by atoms with Gasteiger partial charge >= 0.3 is 0 Å². The Hall–Kier alpha value is -2.58. The predicted octanol–water partition coefficient (Wildman–Crippen LogP) is 2.54. The fourth-order valence-corrected chi connectivity index (χ4v) is 3.18. The van der Waals surface area contributed by atoms with Crippen molar-refractivity contribution in [3.8, 4) is 0 Å². The molecule has 0 saturated carbocycles. The molecule has 1 aliphatic heterocycles. The Balaban J connectivity index is 2.06. The maximum absolute atomic E-state index is 13.7. The average Bonchev–Trinajstić information content (AvgIpc) is 3.03. The number of hydrogen-bond donors (Lipinski definition) is 1. The molecular weight excluding hydrogens is 375 g/mol. The lowest BCUT2D eigenvalue weighted by molar-refractivity contribution is -0.138. The lowest BCUT2D eigenvalue weighted by atomic mass is 10.1. The van der Waals surface area contributed by atoms with Crippen molar-refractivity contribution >= 4 is 23.4 Å². The van der Waals surface area contributed by atoms with E-state index in [2.05, 4.69) is 5.32 Å². The molecule has 1 aromatic carbocycles. The molecule has 1 fully saturated rings. The van der Waals surface area contributed by atoms with Crippen molar-refractivity contribution in [2.75, 3.05) is 25.0 Å². The highest BCUT2D eigenvalue weighted by Crippen LogP contribution is 2.23. The highest BCUT2D eigenvalue weighted by atomic mass is 19.2.